The zero-order chi connectivity index (χ0) is 21.3. The first-order chi connectivity index (χ1) is 14.5. The first-order valence-corrected chi connectivity index (χ1v) is 9.36. The predicted octanol–water partition coefficient (Wildman–Crippen LogP) is 3.64. The lowest BCUT2D eigenvalue weighted by Crippen LogP contribution is -2.21. The maximum atomic E-state index is 12.4. The molecule has 0 spiro atoms. The Hall–Kier alpha value is -3.20. The van der Waals surface area contributed by atoms with Gasteiger partial charge in [-0.25, -0.2) is 4.79 Å². The van der Waals surface area contributed by atoms with Crippen LogP contribution in [0.25, 0.3) is 0 Å². The van der Waals surface area contributed by atoms with Gasteiger partial charge in [0.2, 0.25) is 0 Å². The van der Waals surface area contributed by atoms with Crippen molar-refractivity contribution in [1.29, 1.82) is 0 Å². The molecule has 1 N–H and O–H groups in total. The number of rotatable bonds is 9. The van der Waals surface area contributed by atoms with Crippen molar-refractivity contribution in [2.45, 2.75) is 25.6 Å². The molecule has 30 heavy (non-hydrogen) atoms. The summed E-state index contributed by atoms with van der Waals surface area (Å²) in [5, 5.41) is 2.37. The summed E-state index contributed by atoms with van der Waals surface area (Å²) >= 11 is 0. The molecule has 0 saturated carbocycles. The molecule has 1 aliphatic heterocycles. The van der Waals surface area contributed by atoms with Gasteiger partial charge in [0.15, 0.2) is 6.61 Å². The van der Waals surface area contributed by atoms with Gasteiger partial charge in [-0.2, -0.15) is 8.78 Å². The summed E-state index contributed by atoms with van der Waals surface area (Å²) < 4.78 is 45.2. The molecule has 2 aromatic rings. The topological polar surface area (TPSA) is 83.1 Å². The standard InChI is InChI=1S/C21H21F2NO6/c22-21(23)30-18-6-2-1-5-17(18)24-19(25)13-29-20(26)14-7-9-15(10-8-14)28-12-16-4-3-11-27-16/h1-2,5-10,16,21H,3-4,11-13H2,(H,24,25)/t16-/m0/s1. The van der Waals surface area contributed by atoms with Crippen molar-refractivity contribution in [1.82, 2.24) is 0 Å². The van der Waals surface area contributed by atoms with Crippen LogP contribution in [0, 0.1) is 0 Å². The zero-order valence-corrected chi connectivity index (χ0v) is 16.0. The van der Waals surface area contributed by atoms with E-state index in [9.17, 15) is 18.4 Å². The second-order valence-electron chi connectivity index (χ2n) is 6.47. The summed E-state index contributed by atoms with van der Waals surface area (Å²) in [7, 11) is 0. The van der Waals surface area contributed by atoms with Crippen molar-refractivity contribution in [2.75, 3.05) is 25.1 Å². The number of hydrogen-bond donors (Lipinski definition) is 1. The third kappa shape index (κ3) is 6.41. The van der Waals surface area contributed by atoms with Crippen molar-refractivity contribution in [2.24, 2.45) is 0 Å². The van der Waals surface area contributed by atoms with Crippen molar-refractivity contribution in [3.8, 4) is 11.5 Å². The molecule has 0 aliphatic carbocycles. The SMILES string of the molecule is O=C(COC(=O)c1ccc(OC[C@@H]2CCCO2)cc1)Nc1ccccc1OC(F)F. The number of hydrogen-bond acceptors (Lipinski definition) is 6. The number of carbonyl (C=O) groups is 2. The Morgan fingerprint density at radius 2 is 1.90 bits per heavy atom. The molecule has 1 atom stereocenters. The van der Waals surface area contributed by atoms with Crippen molar-refractivity contribution in [3.05, 3.63) is 54.1 Å². The summed E-state index contributed by atoms with van der Waals surface area (Å²) in [6.45, 7) is -2.42. The van der Waals surface area contributed by atoms with Crippen molar-refractivity contribution >= 4 is 17.6 Å². The Labute approximate surface area is 171 Å². The van der Waals surface area contributed by atoms with Crippen LogP contribution in [-0.4, -0.2) is 44.4 Å². The molecule has 0 bridgehead atoms. The minimum Gasteiger partial charge on any atom is -0.491 e. The minimum absolute atomic E-state index is 0.0478. The van der Waals surface area contributed by atoms with Gasteiger partial charge in [0.25, 0.3) is 5.91 Å². The molecule has 7 nitrogen and oxygen atoms in total. The number of amides is 1. The summed E-state index contributed by atoms with van der Waals surface area (Å²) in [6.07, 6.45) is 2.08. The summed E-state index contributed by atoms with van der Waals surface area (Å²) in [6, 6.07) is 12.0. The number of benzene rings is 2. The van der Waals surface area contributed by atoms with Crippen molar-refractivity contribution < 1.29 is 37.3 Å². The number of para-hydroxylation sites is 2. The van der Waals surface area contributed by atoms with Crippen LogP contribution in [-0.2, 0) is 14.3 Å². The highest BCUT2D eigenvalue weighted by Crippen LogP contribution is 2.25. The first-order valence-electron chi connectivity index (χ1n) is 9.36. The molecule has 0 radical (unpaired) electrons. The van der Waals surface area contributed by atoms with Crippen LogP contribution in [0.4, 0.5) is 14.5 Å². The summed E-state index contributed by atoms with van der Waals surface area (Å²) in [5.41, 5.74) is 0.292. The lowest BCUT2D eigenvalue weighted by molar-refractivity contribution is -0.119. The van der Waals surface area contributed by atoms with Crippen LogP contribution >= 0.6 is 0 Å². The first kappa shape index (κ1) is 21.5. The zero-order valence-electron chi connectivity index (χ0n) is 16.0. The van der Waals surface area contributed by atoms with Gasteiger partial charge in [0.1, 0.15) is 18.1 Å². The van der Waals surface area contributed by atoms with E-state index >= 15 is 0 Å². The van der Waals surface area contributed by atoms with E-state index in [1.165, 1.54) is 30.3 Å². The molecule has 9 heteroatoms. The number of halogens is 2. The molecule has 0 aromatic heterocycles. The molecule has 2 aromatic carbocycles. The van der Waals surface area contributed by atoms with Gasteiger partial charge in [0.05, 0.1) is 17.4 Å². The Morgan fingerprint density at radius 1 is 1.13 bits per heavy atom. The van der Waals surface area contributed by atoms with Crippen LogP contribution in [0.5, 0.6) is 11.5 Å². The normalized spacial score (nSPS) is 15.6. The fourth-order valence-electron chi connectivity index (χ4n) is 2.82. The average molecular weight is 421 g/mol. The van der Waals surface area contributed by atoms with Gasteiger partial charge in [-0.05, 0) is 49.2 Å². The van der Waals surface area contributed by atoms with E-state index in [1.54, 1.807) is 18.2 Å². The lowest BCUT2D eigenvalue weighted by Gasteiger charge is -2.12. The number of alkyl halides is 2. The highest BCUT2D eigenvalue weighted by atomic mass is 19.3. The highest BCUT2D eigenvalue weighted by molar-refractivity contribution is 5.96. The van der Waals surface area contributed by atoms with E-state index in [0.717, 1.165) is 19.4 Å². The van der Waals surface area contributed by atoms with Crippen LogP contribution in [0.15, 0.2) is 48.5 Å². The van der Waals surface area contributed by atoms with Crippen molar-refractivity contribution in [3.63, 3.8) is 0 Å². The average Bonchev–Trinajstić information content (AvgIpc) is 3.26. The number of ether oxygens (including phenoxy) is 4. The monoisotopic (exact) mass is 421 g/mol. The van der Waals surface area contributed by atoms with Gasteiger partial charge in [-0.1, -0.05) is 12.1 Å². The third-order valence-corrected chi connectivity index (χ3v) is 4.26. The molecule has 1 saturated heterocycles. The molecular formula is C21H21F2NO6. The molecule has 1 heterocycles. The molecule has 0 unspecified atom stereocenters. The Bertz CT molecular complexity index is 853. The molecule has 1 fully saturated rings. The van der Waals surface area contributed by atoms with E-state index in [4.69, 9.17) is 14.2 Å². The number of carbonyl (C=O) groups excluding carboxylic acids is 2. The Kier molecular flexibility index (Phi) is 7.56. The van der Waals surface area contributed by atoms with Crippen LogP contribution < -0.4 is 14.8 Å². The maximum Gasteiger partial charge on any atom is 0.387 e. The van der Waals surface area contributed by atoms with Gasteiger partial charge in [-0.15, -0.1) is 0 Å². The van der Waals surface area contributed by atoms with Gasteiger partial charge >= 0.3 is 12.6 Å². The number of anilines is 1. The molecule has 3 rings (SSSR count). The maximum absolute atomic E-state index is 12.4. The smallest absolute Gasteiger partial charge is 0.387 e. The van der Waals surface area contributed by atoms with Gasteiger partial charge < -0.3 is 24.3 Å². The number of nitrogens with one attached hydrogen (secondary N) is 1. The van der Waals surface area contributed by atoms with E-state index in [0.29, 0.717) is 12.4 Å². The lowest BCUT2D eigenvalue weighted by atomic mass is 10.2. The second kappa shape index (κ2) is 10.5. The van der Waals surface area contributed by atoms with E-state index in [2.05, 4.69) is 10.1 Å². The van der Waals surface area contributed by atoms with Crippen LogP contribution in [0.1, 0.15) is 23.2 Å². The van der Waals surface area contributed by atoms with Crippen LogP contribution in [0.3, 0.4) is 0 Å². The fourth-order valence-corrected chi connectivity index (χ4v) is 2.82. The minimum atomic E-state index is -3.03. The van der Waals surface area contributed by atoms with E-state index < -0.39 is 25.1 Å². The molecule has 160 valence electrons. The molecule has 1 aliphatic rings. The highest BCUT2D eigenvalue weighted by Gasteiger charge is 2.17. The predicted molar refractivity (Wildman–Crippen MR) is 103 cm³/mol. The van der Waals surface area contributed by atoms with Gasteiger partial charge in [-0.3, -0.25) is 4.79 Å². The Balaban J connectivity index is 1.46. The second-order valence-corrected chi connectivity index (χ2v) is 6.47. The van der Waals surface area contributed by atoms with Gasteiger partial charge in [0, 0.05) is 6.61 Å². The summed E-state index contributed by atoms with van der Waals surface area (Å²) in [4.78, 5) is 24.1. The Morgan fingerprint density at radius 3 is 2.60 bits per heavy atom. The number of esters is 1. The molecular weight excluding hydrogens is 400 g/mol. The van der Waals surface area contributed by atoms with Crippen LogP contribution in [0.2, 0.25) is 0 Å². The molecule has 1 amide bonds. The quantitative estimate of drug-likeness (QED) is 0.623. The third-order valence-electron chi connectivity index (χ3n) is 4.26. The fraction of sp³-hybridized carbons (Fsp3) is 0.333. The van der Waals surface area contributed by atoms with E-state index in [-0.39, 0.29) is 23.1 Å². The largest absolute Gasteiger partial charge is 0.491 e. The summed E-state index contributed by atoms with van der Waals surface area (Å²) in [5.74, 6) is -0.987. The van der Waals surface area contributed by atoms with E-state index in [1.807, 2.05) is 0 Å².